The van der Waals surface area contributed by atoms with Crippen molar-refractivity contribution in [1.82, 2.24) is 0 Å². The van der Waals surface area contributed by atoms with E-state index < -0.39 is 18.2 Å². The summed E-state index contributed by atoms with van der Waals surface area (Å²) in [6.07, 6.45) is 1.78. The monoisotopic (exact) mass is 248 g/mol. The standard InChI is InChI=1S/C13H12O5/c14-10-8-13(16,17)7-6-11(10)18-12(15)9-4-2-1-3-5-9/h1-7,14,16-17H,8H2. The Kier molecular flexibility index (Phi) is 3.18. The van der Waals surface area contributed by atoms with Crippen LogP contribution in [0.2, 0.25) is 0 Å². The Morgan fingerprint density at radius 3 is 2.50 bits per heavy atom. The van der Waals surface area contributed by atoms with Gasteiger partial charge in [-0.05, 0) is 24.3 Å². The van der Waals surface area contributed by atoms with Crippen LogP contribution in [0.3, 0.4) is 0 Å². The topological polar surface area (TPSA) is 87.0 Å². The zero-order valence-corrected chi connectivity index (χ0v) is 9.41. The second-order valence-electron chi connectivity index (χ2n) is 3.96. The first-order valence-corrected chi connectivity index (χ1v) is 5.31. The van der Waals surface area contributed by atoms with Gasteiger partial charge in [0.25, 0.3) is 0 Å². The van der Waals surface area contributed by atoms with Crippen molar-refractivity contribution in [3.63, 3.8) is 0 Å². The fourth-order valence-electron chi connectivity index (χ4n) is 1.52. The first-order valence-electron chi connectivity index (χ1n) is 5.31. The molecule has 1 aromatic rings. The Labute approximate surface area is 103 Å². The third-order valence-electron chi connectivity index (χ3n) is 2.43. The number of aliphatic hydroxyl groups is 3. The zero-order valence-electron chi connectivity index (χ0n) is 9.41. The molecular weight excluding hydrogens is 236 g/mol. The van der Waals surface area contributed by atoms with Gasteiger partial charge in [-0.15, -0.1) is 0 Å². The van der Waals surface area contributed by atoms with Crippen molar-refractivity contribution >= 4 is 5.97 Å². The molecule has 5 nitrogen and oxygen atoms in total. The van der Waals surface area contributed by atoms with Crippen molar-refractivity contribution in [3.05, 3.63) is 59.6 Å². The highest BCUT2D eigenvalue weighted by Crippen LogP contribution is 2.24. The van der Waals surface area contributed by atoms with Gasteiger partial charge in [0.2, 0.25) is 0 Å². The van der Waals surface area contributed by atoms with Crippen LogP contribution in [0.25, 0.3) is 0 Å². The van der Waals surface area contributed by atoms with Crippen LogP contribution in [0.4, 0.5) is 0 Å². The van der Waals surface area contributed by atoms with Crippen molar-refractivity contribution in [1.29, 1.82) is 0 Å². The summed E-state index contributed by atoms with van der Waals surface area (Å²) in [5.74, 6) is -3.19. The first-order chi connectivity index (χ1) is 8.48. The number of hydrogen-bond acceptors (Lipinski definition) is 5. The molecule has 1 aromatic carbocycles. The Hall–Kier alpha value is -2.11. The van der Waals surface area contributed by atoms with E-state index in [4.69, 9.17) is 4.74 Å². The lowest BCUT2D eigenvalue weighted by Crippen LogP contribution is -2.28. The van der Waals surface area contributed by atoms with Gasteiger partial charge < -0.3 is 20.1 Å². The van der Waals surface area contributed by atoms with Crippen molar-refractivity contribution in [2.75, 3.05) is 0 Å². The van der Waals surface area contributed by atoms with E-state index >= 15 is 0 Å². The number of rotatable bonds is 2. The highest BCUT2D eigenvalue weighted by Gasteiger charge is 2.28. The van der Waals surface area contributed by atoms with E-state index in [1.807, 2.05) is 0 Å². The minimum absolute atomic E-state index is 0.0809. The third-order valence-corrected chi connectivity index (χ3v) is 2.43. The molecule has 5 heteroatoms. The summed E-state index contributed by atoms with van der Waals surface area (Å²) in [4.78, 5) is 11.7. The summed E-state index contributed by atoms with van der Waals surface area (Å²) in [6, 6.07) is 8.30. The van der Waals surface area contributed by atoms with Crippen LogP contribution in [-0.2, 0) is 4.74 Å². The highest BCUT2D eigenvalue weighted by molar-refractivity contribution is 5.90. The van der Waals surface area contributed by atoms with Crippen molar-refractivity contribution < 1.29 is 24.9 Å². The van der Waals surface area contributed by atoms with E-state index in [1.54, 1.807) is 30.3 Å². The summed E-state index contributed by atoms with van der Waals surface area (Å²) in [7, 11) is 0. The lowest BCUT2D eigenvalue weighted by Gasteiger charge is -2.21. The number of carbonyl (C=O) groups excluding carboxylic acids is 1. The normalized spacial score (nSPS) is 17.7. The maximum Gasteiger partial charge on any atom is 0.343 e. The Balaban J connectivity index is 2.12. The van der Waals surface area contributed by atoms with E-state index in [-0.39, 0.29) is 11.5 Å². The van der Waals surface area contributed by atoms with Crippen molar-refractivity contribution in [2.24, 2.45) is 0 Å². The van der Waals surface area contributed by atoms with E-state index in [1.165, 1.54) is 0 Å². The summed E-state index contributed by atoms with van der Waals surface area (Å²) in [5, 5.41) is 28.0. The lowest BCUT2D eigenvalue weighted by molar-refractivity contribution is -0.123. The molecule has 3 N–H and O–H groups in total. The molecule has 0 aromatic heterocycles. The molecule has 0 radical (unpaired) electrons. The summed E-state index contributed by atoms with van der Waals surface area (Å²) in [5.41, 5.74) is 0.344. The fourth-order valence-corrected chi connectivity index (χ4v) is 1.52. The molecule has 0 atom stereocenters. The molecule has 1 aliphatic carbocycles. The average Bonchev–Trinajstić information content (AvgIpc) is 2.33. The van der Waals surface area contributed by atoms with E-state index in [2.05, 4.69) is 0 Å². The zero-order chi connectivity index (χ0) is 13.2. The van der Waals surface area contributed by atoms with Gasteiger partial charge in [-0.2, -0.15) is 0 Å². The molecule has 0 fully saturated rings. The molecule has 0 saturated carbocycles. The molecule has 1 aliphatic rings. The van der Waals surface area contributed by atoms with Gasteiger partial charge in [0.1, 0.15) is 5.76 Å². The van der Waals surface area contributed by atoms with Crippen LogP contribution in [0.1, 0.15) is 16.8 Å². The molecule has 0 aliphatic heterocycles. The molecule has 0 saturated heterocycles. The molecule has 0 heterocycles. The quantitative estimate of drug-likeness (QED) is 0.541. The maximum atomic E-state index is 11.7. The van der Waals surface area contributed by atoms with E-state index in [0.29, 0.717) is 5.56 Å². The van der Waals surface area contributed by atoms with E-state index in [0.717, 1.165) is 12.2 Å². The number of hydrogen-bond donors (Lipinski definition) is 3. The summed E-state index contributed by atoms with van der Waals surface area (Å²) in [6.45, 7) is 0. The van der Waals surface area contributed by atoms with Crippen LogP contribution in [0.5, 0.6) is 0 Å². The predicted molar refractivity (Wildman–Crippen MR) is 62.4 cm³/mol. The average molecular weight is 248 g/mol. The molecule has 0 bridgehead atoms. The summed E-state index contributed by atoms with van der Waals surface area (Å²) < 4.78 is 4.96. The van der Waals surface area contributed by atoms with Crippen molar-refractivity contribution in [2.45, 2.75) is 12.2 Å². The number of aliphatic hydroxyl groups excluding tert-OH is 1. The van der Waals surface area contributed by atoms with Crippen LogP contribution in [-0.4, -0.2) is 27.1 Å². The lowest BCUT2D eigenvalue weighted by atomic mass is 10.1. The number of allylic oxidation sites excluding steroid dienone is 1. The Morgan fingerprint density at radius 2 is 1.89 bits per heavy atom. The van der Waals surface area contributed by atoms with Crippen LogP contribution >= 0.6 is 0 Å². The van der Waals surface area contributed by atoms with Gasteiger partial charge >= 0.3 is 5.97 Å². The SMILES string of the molecule is O=C(OC1=C(O)CC(O)(O)C=C1)c1ccccc1. The smallest absolute Gasteiger partial charge is 0.343 e. The Morgan fingerprint density at radius 1 is 1.22 bits per heavy atom. The second-order valence-corrected chi connectivity index (χ2v) is 3.96. The maximum absolute atomic E-state index is 11.7. The predicted octanol–water partition coefficient (Wildman–Crippen LogP) is 1.25. The van der Waals surface area contributed by atoms with Gasteiger partial charge in [0, 0.05) is 0 Å². The molecule has 0 amide bonds. The van der Waals surface area contributed by atoms with Crippen molar-refractivity contribution in [3.8, 4) is 0 Å². The minimum atomic E-state index is -2.10. The fraction of sp³-hybridized carbons (Fsp3) is 0.154. The molecule has 0 unspecified atom stereocenters. The van der Waals surface area contributed by atoms with Gasteiger partial charge in [-0.3, -0.25) is 0 Å². The van der Waals surface area contributed by atoms with E-state index in [9.17, 15) is 20.1 Å². The number of ether oxygens (including phenoxy) is 1. The number of carbonyl (C=O) groups is 1. The molecule has 94 valence electrons. The van der Waals surface area contributed by atoms with Crippen LogP contribution in [0, 0.1) is 0 Å². The second kappa shape index (κ2) is 4.64. The summed E-state index contributed by atoms with van der Waals surface area (Å²) >= 11 is 0. The van der Waals surface area contributed by atoms with Gasteiger partial charge in [0.05, 0.1) is 12.0 Å². The molecular formula is C13H12O5. The number of esters is 1. The van der Waals surface area contributed by atoms with Gasteiger partial charge in [-0.1, -0.05) is 18.2 Å². The minimum Gasteiger partial charge on any atom is -0.508 e. The van der Waals surface area contributed by atoms with Crippen LogP contribution in [0.15, 0.2) is 54.0 Å². The van der Waals surface area contributed by atoms with Gasteiger partial charge in [0.15, 0.2) is 11.5 Å². The molecule has 18 heavy (non-hydrogen) atoms. The number of benzene rings is 1. The highest BCUT2D eigenvalue weighted by atomic mass is 16.5. The third kappa shape index (κ3) is 2.77. The molecule has 2 rings (SSSR count). The largest absolute Gasteiger partial charge is 0.508 e. The Bertz CT molecular complexity index is 513. The van der Waals surface area contributed by atoms with Gasteiger partial charge in [-0.25, -0.2) is 4.79 Å². The molecule has 0 spiro atoms. The first kappa shape index (κ1) is 12.3. The van der Waals surface area contributed by atoms with Crippen LogP contribution < -0.4 is 0 Å².